The highest BCUT2D eigenvalue weighted by Crippen LogP contribution is 2.26. The van der Waals surface area contributed by atoms with Gasteiger partial charge in [-0.25, -0.2) is 4.39 Å². The molecule has 0 aliphatic carbocycles. The Morgan fingerprint density at radius 1 is 1.21 bits per heavy atom. The summed E-state index contributed by atoms with van der Waals surface area (Å²) in [5.41, 5.74) is 6.11. The van der Waals surface area contributed by atoms with Crippen molar-refractivity contribution in [3.05, 3.63) is 65.4 Å². The second-order valence-electron chi connectivity index (χ2n) is 7.68. The zero-order chi connectivity index (χ0) is 23.7. The second kappa shape index (κ2) is 8.69. The minimum Gasteiger partial charge on any atom is -0.409 e. The van der Waals surface area contributed by atoms with Crippen molar-refractivity contribution in [1.82, 2.24) is 19.8 Å². The lowest BCUT2D eigenvalue weighted by molar-refractivity contribution is -0.130. The molecule has 2 amide bonds. The Balaban J connectivity index is 1.55. The van der Waals surface area contributed by atoms with Crippen molar-refractivity contribution >= 4 is 34.3 Å². The van der Waals surface area contributed by atoms with Gasteiger partial charge in [-0.1, -0.05) is 11.2 Å². The molecule has 0 bridgehead atoms. The molecule has 3 aromatic rings. The lowest BCUT2D eigenvalue weighted by Crippen LogP contribution is -2.56. The SMILES string of the molecule is C[C@@H]1CN(C(=O)c2ccccn2)CCN1C(=O)C(=O)c1c[nH]c2c(C(N)=NO)ccc(F)c12. The molecule has 1 fully saturated rings. The van der Waals surface area contributed by atoms with Crippen LogP contribution in [0.25, 0.3) is 10.9 Å². The van der Waals surface area contributed by atoms with E-state index in [0.717, 1.165) is 6.07 Å². The van der Waals surface area contributed by atoms with Gasteiger partial charge in [0, 0.05) is 49.0 Å². The van der Waals surface area contributed by atoms with Crippen molar-refractivity contribution in [3.63, 3.8) is 0 Å². The highest BCUT2D eigenvalue weighted by molar-refractivity contribution is 6.45. The number of halogens is 1. The normalized spacial score (nSPS) is 16.8. The topological polar surface area (TPSA) is 145 Å². The fourth-order valence-electron chi connectivity index (χ4n) is 3.99. The molecule has 0 radical (unpaired) electrons. The number of pyridine rings is 1. The van der Waals surface area contributed by atoms with Crippen LogP contribution in [-0.4, -0.2) is 74.1 Å². The zero-order valence-corrected chi connectivity index (χ0v) is 17.7. The van der Waals surface area contributed by atoms with Gasteiger partial charge < -0.3 is 25.7 Å². The largest absolute Gasteiger partial charge is 0.409 e. The minimum absolute atomic E-state index is 0.117. The number of carbonyl (C=O) groups is 3. The lowest BCUT2D eigenvalue weighted by atomic mass is 10.0. The van der Waals surface area contributed by atoms with E-state index in [1.807, 2.05) is 0 Å². The number of aromatic amines is 1. The molecule has 0 spiro atoms. The number of nitrogens with two attached hydrogens (primary N) is 1. The summed E-state index contributed by atoms with van der Waals surface area (Å²) in [6.07, 6.45) is 2.76. The van der Waals surface area contributed by atoms with Crippen molar-refractivity contribution in [2.75, 3.05) is 19.6 Å². The number of rotatable bonds is 4. The lowest BCUT2D eigenvalue weighted by Gasteiger charge is -2.39. The van der Waals surface area contributed by atoms with Gasteiger partial charge in [0.2, 0.25) is 0 Å². The number of H-pyrrole nitrogens is 1. The van der Waals surface area contributed by atoms with E-state index < -0.39 is 23.5 Å². The third-order valence-corrected chi connectivity index (χ3v) is 5.67. The number of ketones is 1. The first-order valence-corrected chi connectivity index (χ1v) is 10.2. The van der Waals surface area contributed by atoms with Gasteiger partial charge in [0.15, 0.2) is 5.84 Å². The summed E-state index contributed by atoms with van der Waals surface area (Å²) < 4.78 is 14.6. The Hall–Kier alpha value is -4.28. The van der Waals surface area contributed by atoms with E-state index in [4.69, 9.17) is 10.9 Å². The molecule has 1 aliphatic rings. The molecule has 1 saturated heterocycles. The van der Waals surface area contributed by atoms with E-state index in [0.29, 0.717) is 5.69 Å². The highest BCUT2D eigenvalue weighted by atomic mass is 19.1. The smallest absolute Gasteiger partial charge is 0.295 e. The van der Waals surface area contributed by atoms with E-state index in [-0.39, 0.29) is 53.4 Å². The number of carbonyl (C=O) groups excluding carboxylic acids is 3. The summed E-state index contributed by atoms with van der Waals surface area (Å²) in [6, 6.07) is 6.99. The van der Waals surface area contributed by atoms with Crippen LogP contribution in [0.5, 0.6) is 0 Å². The Labute approximate surface area is 187 Å². The number of nitrogens with zero attached hydrogens (tertiary/aromatic N) is 4. The van der Waals surface area contributed by atoms with Gasteiger partial charge in [-0.2, -0.15) is 0 Å². The summed E-state index contributed by atoms with van der Waals surface area (Å²) in [5, 5.41) is 11.7. The Kier molecular flexibility index (Phi) is 5.78. The molecule has 1 atom stereocenters. The molecule has 0 unspecified atom stereocenters. The number of benzene rings is 1. The monoisotopic (exact) mass is 452 g/mol. The summed E-state index contributed by atoms with van der Waals surface area (Å²) >= 11 is 0. The molecule has 4 N–H and O–H groups in total. The number of amides is 2. The number of amidine groups is 1. The third-order valence-electron chi connectivity index (χ3n) is 5.67. The van der Waals surface area contributed by atoms with Crippen LogP contribution in [0.1, 0.15) is 33.3 Å². The Bertz CT molecular complexity index is 1270. The summed E-state index contributed by atoms with van der Waals surface area (Å²) in [5.74, 6) is -2.95. The minimum atomic E-state index is -0.895. The molecule has 1 aliphatic heterocycles. The van der Waals surface area contributed by atoms with Gasteiger partial charge in [0.1, 0.15) is 11.5 Å². The number of Topliss-reactive ketones (excluding diaryl/α,β-unsaturated/α-hetero) is 1. The van der Waals surface area contributed by atoms with Gasteiger partial charge in [0.05, 0.1) is 11.1 Å². The third kappa shape index (κ3) is 3.88. The molecule has 33 heavy (non-hydrogen) atoms. The molecule has 10 nitrogen and oxygen atoms in total. The molecule has 0 saturated carbocycles. The molecule has 11 heteroatoms. The molecule has 1 aromatic carbocycles. The van der Waals surface area contributed by atoms with Crippen molar-refractivity contribution in [3.8, 4) is 0 Å². The number of oxime groups is 1. The van der Waals surface area contributed by atoms with Gasteiger partial charge in [-0.05, 0) is 31.2 Å². The molecule has 170 valence electrons. The molecule has 3 heterocycles. The molecular formula is C22H21FN6O4. The standard InChI is InChI=1S/C22H21FN6O4/c1-12-11-28(21(31)16-4-2-3-7-25-16)8-9-29(12)22(32)19(30)14-10-26-18-13(20(24)27-33)5-6-15(23)17(14)18/h2-7,10,12,26,33H,8-9,11H2,1H3,(H2,24,27)/t12-/m1/s1. The van der Waals surface area contributed by atoms with Crippen LogP contribution in [0.15, 0.2) is 47.9 Å². The summed E-state index contributed by atoms with van der Waals surface area (Å²) in [7, 11) is 0. The van der Waals surface area contributed by atoms with E-state index in [2.05, 4.69) is 15.1 Å². The van der Waals surface area contributed by atoms with Crippen LogP contribution in [0, 0.1) is 5.82 Å². The highest BCUT2D eigenvalue weighted by Gasteiger charge is 2.35. The average Bonchev–Trinajstić information content (AvgIpc) is 3.29. The predicted octanol–water partition coefficient (Wildman–Crippen LogP) is 1.35. The first-order chi connectivity index (χ1) is 15.8. The first-order valence-electron chi connectivity index (χ1n) is 10.2. The van der Waals surface area contributed by atoms with Crippen LogP contribution >= 0.6 is 0 Å². The van der Waals surface area contributed by atoms with E-state index >= 15 is 0 Å². The zero-order valence-electron chi connectivity index (χ0n) is 17.7. The van der Waals surface area contributed by atoms with Gasteiger partial charge in [0.25, 0.3) is 17.6 Å². The molecule has 2 aromatic heterocycles. The second-order valence-corrected chi connectivity index (χ2v) is 7.68. The summed E-state index contributed by atoms with van der Waals surface area (Å²) in [4.78, 5) is 48.4. The maximum absolute atomic E-state index is 14.6. The maximum atomic E-state index is 14.6. The number of piperazine rings is 1. The van der Waals surface area contributed by atoms with Crippen molar-refractivity contribution in [2.24, 2.45) is 10.9 Å². The number of fused-ring (bicyclic) bond motifs is 1. The van der Waals surface area contributed by atoms with Crippen LogP contribution < -0.4 is 5.73 Å². The number of hydrogen-bond donors (Lipinski definition) is 3. The van der Waals surface area contributed by atoms with E-state index in [1.165, 1.54) is 23.4 Å². The van der Waals surface area contributed by atoms with Crippen molar-refractivity contribution in [1.29, 1.82) is 0 Å². The van der Waals surface area contributed by atoms with Crippen LogP contribution in [0.4, 0.5) is 4.39 Å². The van der Waals surface area contributed by atoms with Crippen molar-refractivity contribution in [2.45, 2.75) is 13.0 Å². The van der Waals surface area contributed by atoms with Crippen LogP contribution in [-0.2, 0) is 4.79 Å². The van der Waals surface area contributed by atoms with Gasteiger partial charge in [-0.15, -0.1) is 0 Å². The predicted molar refractivity (Wildman–Crippen MR) is 116 cm³/mol. The maximum Gasteiger partial charge on any atom is 0.295 e. The Morgan fingerprint density at radius 3 is 2.67 bits per heavy atom. The van der Waals surface area contributed by atoms with E-state index in [9.17, 15) is 18.8 Å². The van der Waals surface area contributed by atoms with Gasteiger partial charge in [-0.3, -0.25) is 19.4 Å². The fourth-order valence-corrected chi connectivity index (χ4v) is 3.99. The van der Waals surface area contributed by atoms with Crippen molar-refractivity contribution < 1.29 is 24.0 Å². The summed E-state index contributed by atoms with van der Waals surface area (Å²) in [6.45, 7) is 2.33. The van der Waals surface area contributed by atoms with Gasteiger partial charge >= 0.3 is 0 Å². The first kappa shape index (κ1) is 21.9. The Morgan fingerprint density at radius 2 is 2.00 bits per heavy atom. The van der Waals surface area contributed by atoms with Crippen LogP contribution in [0.3, 0.4) is 0 Å². The van der Waals surface area contributed by atoms with Crippen LogP contribution in [0.2, 0.25) is 0 Å². The fraction of sp³-hybridized carbons (Fsp3) is 0.227. The number of hydrogen-bond acceptors (Lipinski definition) is 6. The average molecular weight is 452 g/mol. The molecule has 4 rings (SSSR count). The van der Waals surface area contributed by atoms with E-state index in [1.54, 1.807) is 30.0 Å². The quantitative estimate of drug-likeness (QED) is 0.136. The molecular weight excluding hydrogens is 431 g/mol. The number of nitrogens with one attached hydrogen (secondary N) is 1. The number of aromatic nitrogens is 2.